The van der Waals surface area contributed by atoms with Gasteiger partial charge in [-0.1, -0.05) is 0 Å². The van der Waals surface area contributed by atoms with Crippen molar-refractivity contribution < 1.29 is 14.4 Å². The van der Waals surface area contributed by atoms with Crippen molar-refractivity contribution in [2.75, 3.05) is 60.4 Å². The summed E-state index contributed by atoms with van der Waals surface area (Å²) in [6.07, 6.45) is 2.76. The lowest BCUT2D eigenvalue weighted by molar-refractivity contribution is -0.136. The maximum Gasteiger partial charge on any atom is 0.317 e. The van der Waals surface area contributed by atoms with Crippen LogP contribution in [0, 0.1) is 0 Å². The van der Waals surface area contributed by atoms with Crippen molar-refractivity contribution in [2.24, 2.45) is 0 Å². The number of likely N-dealkylation sites (N-methyl/N-ethyl adjacent to an activating group) is 1. The van der Waals surface area contributed by atoms with Gasteiger partial charge in [-0.15, -0.1) is 0 Å². The highest BCUT2D eigenvalue weighted by molar-refractivity contribution is 5.84. The SMILES string of the molecule is CN(C)C(=O)NCC(=O)N1CCCN(C(=O)[C@@H]2CCCN2C)CC1. The Morgan fingerprint density at radius 2 is 1.67 bits per heavy atom. The summed E-state index contributed by atoms with van der Waals surface area (Å²) >= 11 is 0. The zero-order chi connectivity index (χ0) is 17.7. The number of hydrogen-bond acceptors (Lipinski definition) is 4. The van der Waals surface area contributed by atoms with Gasteiger partial charge < -0.3 is 20.0 Å². The molecule has 2 aliphatic heterocycles. The molecule has 1 N–H and O–H groups in total. The summed E-state index contributed by atoms with van der Waals surface area (Å²) in [5, 5.41) is 2.59. The Bertz CT molecular complexity index is 482. The summed E-state index contributed by atoms with van der Waals surface area (Å²) in [5.41, 5.74) is 0. The van der Waals surface area contributed by atoms with Gasteiger partial charge in [0.15, 0.2) is 0 Å². The van der Waals surface area contributed by atoms with Gasteiger partial charge in [-0.3, -0.25) is 14.5 Å². The van der Waals surface area contributed by atoms with E-state index in [1.807, 2.05) is 11.9 Å². The second-order valence-corrected chi connectivity index (χ2v) is 6.75. The van der Waals surface area contributed by atoms with Gasteiger partial charge in [-0.2, -0.15) is 0 Å². The molecule has 2 fully saturated rings. The first-order valence-electron chi connectivity index (χ1n) is 8.62. The van der Waals surface area contributed by atoms with E-state index in [9.17, 15) is 14.4 Å². The number of urea groups is 1. The van der Waals surface area contributed by atoms with Crippen molar-refractivity contribution in [3.63, 3.8) is 0 Å². The second kappa shape index (κ2) is 8.32. The molecular weight excluding hydrogens is 310 g/mol. The maximum absolute atomic E-state index is 12.6. The van der Waals surface area contributed by atoms with Gasteiger partial charge in [0, 0.05) is 40.3 Å². The Balaban J connectivity index is 1.82. The zero-order valence-corrected chi connectivity index (χ0v) is 15.0. The molecule has 0 spiro atoms. The summed E-state index contributed by atoms with van der Waals surface area (Å²) in [5.74, 6) is 0.0858. The monoisotopic (exact) mass is 339 g/mol. The van der Waals surface area contributed by atoms with Crippen molar-refractivity contribution in [2.45, 2.75) is 25.3 Å². The number of carbonyl (C=O) groups is 3. The fourth-order valence-corrected chi connectivity index (χ4v) is 3.24. The molecule has 8 nitrogen and oxygen atoms in total. The Morgan fingerprint density at radius 1 is 1.00 bits per heavy atom. The van der Waals surface area contributed by atoms with E-state index in [1.165, 1.54) is 4.90 Å². The first-order chi connectivity index (χ1) is 11.4. The lowest BCUT2D eigenvalue weighted by atomic mass is 10.2. The minimum Gasteiger partial charge on any atom is -0.339 e. The summed E-state index contributed by atoms with van der Waals surface area (Å²) in [4.78, 5) is 43.5. The first-order valence-corrected chi connectivity index (χ1v) is 8.62. The highest BCUT2D eigenvalue weighted by Crippen LogP contribution is 2.18. The average molecular weight is 339 g/mol. The number of nitrogens with one attached hydrogen (secondary N) is 1. The zero-order valence-electron chi connectivity index (χ0n) is 15.0. The lowest BCUT2D eigenvalue weighted by Crippen LogP contribution is -2.47. The van der Waals surface area contributed by atoms with Gasteiger partial charge in [-0.05, 0) is 32.9 Å². The minimum atomic E-state index is -0.278. The molecule has 0 aromatic rings. The molecule has 4 amide bonds. The van der Waals surface area contributed by atoms with Gasteiger partial charge in [-0.25, -0.2) is 4.79 Å². The van der Waals surface area contributed by atoms with Crippen LogP contribution in [0.15, 0.2) is 0 Å². The molecule has 0 aromatic heterocycles. The van der Waals surface area contributed by atoms with E-state index >= 15 is 0 Å². The molecule has 0 bridgehead atoms. The molecule has 2 heterocycles. The average Bonchev–Trinajstić information content (AvgIpc) is 2.83. The topological polar surface area (TPSA) is 76.2 Å². The number of rotatable bonds is 3. The molecule has 0 aliphatic carbocycles. The van der Waals surface area contributed by atoms with Crippen molar-refractivity contribution >= 4 is 17.8 Å². The minimum absolute atomic E-state index is 0.00365. The maximum atomic E-state index is 12.6. The standard InChI is InChI=1S/C16H29N5O3/c1-18(2)16(24)17-12-14(22)20-8-5-9-21(11-10-20)15(23)13-6-4-7-19(13)3/h13H,4-12H2,1-3H3,(H,17,24)/t13-/m0/s1. The molecule has 2 rings (SSSR count). The Morgan fingerprint density at radius 3 is 2.29 bits per heavy atom. The van der Waals surface area contributed by atoms with Crippen LogP contribution in [0.25, 0.3) is 0 Å². The van der Waals surface area contributed by atoms with Gasteiger partial charge in [0.1, 0.15) is 0 Å². The van der Waals surface area contributed by atoms with Crippen LogP contribution in [-0.4, -0.2) is 104 Å². The third kappa shape index (κ3) is 4.59. The van der Waals surface area contributed by atoms with Crippen LogP contribution < -0.4 is 5.32 Å². The fourth-order valence-electron chi connectivity index (χ4n) is 3.24. The van der Waals surface area contributed by atoms with Crippen LogP contribution in [0.2, 0.25) is 0 Å². The Hall–Kier alpha value is -1.83. The van der Waals surface area contributed by atoms with Crippen LogP contribution in [0.1, 0.15) is 19.3 Å². The predicted octanol–water partition coefficient (Wildman–Crippen LogP) is -0.587. The third-order valence-electron chi connectivity index (χ3n) is 4.76. The number of likely N-dealkylation sites (tertiary alicyclic amines) is 1. The van der Waals surface area contributed by atoms with Gasteiger partial charge in [0.05, 0.1) is 12.6 Å². The molecular formula is C16H29N5O3. The fraction of sp³-hybridized carbons (Fsp3) is 0.812. The van der Waals surface area contributed by atoms with Crippen LogP contribution in [0.3, 0.4) is 0 Å². The summed E-state index contributed by atoms with van der Waals surface area (Å²) < 4.78 is 0. The number of nitrogens with zero attached hydrogens (tertiary/aromatic N) is 4. The Kier molecular flexibility index (Phi) is 6.42. The van der Waals surface area contributed by atoms with Crippen molar-refractivity contribution in [3.05, 3.63) is 0 Å². The summed E-state index contributed by atoms with van der Waals surface area (Å²) in [6, 6.07) is -0.286. The van der Waals surface area contributed by atoms with Crippen LogP contribution in [-0.2, 0) is 9.59 Å². The largest absolute Gasteiger partial charge is 0.339 e. The molecule has 136 valence electrons. The van der Waals surface area contributed by atoms with Gasteiger partial charge >= 0.3 is 6.03 Å². The first kappa shape index (κ1) is 18.5. The summed E-state index contributed by atoms with van der Waals surface area (Å²) in [7, 11) is 5.27. The van der Waals surface area contributed by atoms with Gasteiger partial charge in [0.2, 0.25) is 11.8 Å². The molecule has 1 atom stereocenters. The van der Waals surface area contributed by atoms with Crippen molar-refractivity contribution in [3.8, 4) is 0 Å². The molecule has 0 unspecified atom stereocenters. The van der Waals surface area contributed by atoms with E-state index < -0.39 is 0 Å². The molecule has 0 radical (unpaired) electrons. The number of amides is 4. The van der Waals surface area contributed by atoms with Crippen LogP contribution in [0.4, 0.5) is 4.79 Å². The molecule has 0 saturated carbocycles. The van der Waals surface area contributed by atoms with E-state index in [2.05, 4.69) is 10.2 Å². The van der Waals surface area contributed by atoms with E-state index in [1.54, 1.807) is 19.0 Å². The quantitative estimate of drug-likeness (QED) is 0.746. The smallest absolute Gasteiger partial charge is 0.317 e. The van der Waals surface area contributed by atoms with E-state index in [0.29, 0.717) is 26.2 Å². The highest BCUT2D eigenvalue weighted by Gasteiger charge is 2.32. The predicted molar refractivity (Wildman–Crippen MR) is 90.5 cm³/mol. The molecule has 2 saturated heterocycles. The van der Waals surface area contributed by atoms with Crippen LogP contribution in [0.5, 0.6) is 0 Å². The second-order valence-electron chi connectivity index (χ2n) is 6.75. The van der Waals surface area contributed by atoms with Crippen molar-refractivity contribution in [1.82, 2.24) is 24.9 Å². The van der Waals surface area contributed by atoms with E-state index in [0.717, 1.165) is 25.8 Å². The van der Waals surface area contributed by atoms with Crippen LogP contribution >= 0.6 is 0 Å². The summed E-state index contributed by atoms with van der Waals surface area (Å²) in [6.45, 7) is 3.38. The molecule has 8 heteroatoms. The lowest BCUT2D eigenvalue weighted by Gasteiger charge is -2.27. The van der Waals surface area contributed by atoms with E-state index in [4.69, 9.17) is 0 Å². The third-order valence-corrected chi connectivity index (χ3v) is 4.76. The van der Waals surface area contributed by atoms with Crippen molar-refractivity contribution in [1.29, 1.82) is 0 Å². The number of hydrogen-bond donors (Lipinski definition) is 1. The Labute approximate surface area is 143 Å². The molecule has 2 aliphatic rings. The highest BCUT2D eigenvalue weighted by atomic mass is 16.2. The van der Waals surface area contributed by atoms with E-state index in [-0.39, 0.29) is 30.4 Å². The number of carbonyl (C=O) groups excluding carboxylic acids is 3. The molecule has 0 aromatic carbocycles. The molecule has 24 heavy (non-hydrogen) atoms. The normalized spacial score (nSPS) is 22.2. The van der Waals surface area contributed by atoms with Gasteiger partial charge in [0.25, 0.3) is 0 Å².